The molecule has 1 aliphatic rings. The van der Waals surface area contributed by atoms with Crippen molar-refractivity contribution in [3.63, 3.8) is 0 Å². The van der Waals surface area contributed by atoms with Gasteiger partial charge in [-0.05, 0) is 39.2 Å². The first-order chi connectivity index (χ1) is 9.70. The Balaban J connectivity index is 2.42. The van der Waals surface area contributed by atoms with Crippen molar-refractivity contribution >= 4 is 0 Å². The minimum Gasteiger partial charge on any atom is -0.370 e. The highest BCUT2D eigenvalue weighted by atomic mass is 16.5. The van der Waals surface area contributed by atoms with Gasteiger partial charge in [0.05, 0.1) is 0 Å². The average molecular weight is 277 g/mol. The van der Waals surface area contributed by atoms with Gasteiger partial charge in [-0.15, -0.1) is 0 Å². The van der Waals surface area contributed by atoms with Crippen LogP contribution in [0.3, 0.4) is 0 Å². The molecule has 1 heterocycles. The first kappa shape index (κ1) is 15.4. The van der Waals surface area contributed by atoms with Crippen molar-refractivity contribution in [3.8, 4) is 0 Å². The van der Waals surface area contributed by atoms with Crippen LogP contribution in [0.4, 0.5) is 0 Å². The number of hydrogen-bond donors (Lipinski definition) is 1. The number of ether oxygens (including phenoxy) is 1. The third kappa shape index (κ3) is 2.72. The van der Waals surface area contributed by atoms with Crippen LogP contribution in [-0.2, 0) is 16.8 Å². The third-order valence-electron chi connectivity index (χ3n) is 4.72. The van der Waals surface area contributed by atoms with Gasteiger partial charge in [-0.1, -0.05) is 20.3 Å². The van der Waals surface area contributed by atoms with Gasteiger partial charge in [0, 0.05) is 30.6 Å². The minimum atomic E-state index is -0.337. The lowest BCUT2D eigenvalue weighted by molar-refractivity contribution is -0.0293. The summed E-state index contributed by atoms with van der Waals surface area (Å²) in [7, 11) is 3.78. The Labute approximate surface area is 122 Å². The molecule has 1 aliphatic carbocycles. The van der Waals surface area contributed by atoms with Crippen LogP contribution in [0.15, 0.2) is 6.20 Å². The predicted octanol–water partition coefficient (Wildman–Crippen LogP) is 3.13. The Hall–Kier alpha value is -1.00. The van der Waals surface area contributed by atoms with Crippen molar-refractivity contribution in [1.29, 1.82) is 0 Å². The van der Waals surface area contributed by atoms with Crippen LogP contribution in [-0.4, -0.2) is 24.1 Å². The van der Waals surface area contributed by atoms with E-state index in [1.54, 1.807) is 7.11 Å². The second-order valence-electron chi connectivity index (χ2n) is 5.59. The molecule has 20 heavy (non-hydrogen) atoms. The lowest BCUT2D eigenvalue weighted by atomic mass is 9.95. The third-order valence-corrected chi connectivity index (χ3v) is 4.72. The molecule has 1 N–H and O–H groups in total. The molecule has 4 nitrogen and oxygen atoms in total. The van der Waals surface area contributed by atoms with E-state index >= 15 is 0 Å². The first-order valence-electron chi connectivity index (χ1n) is 7.79. The van der Waals surface area contributed by atoms with Gasteiger partial charge in [-0.25, -0.2) is 9.97 Å². The number of nitrogens with zero attached hydrogens (tertiary/aromatic N) is 2. The summed E-state index contributed by atoms with van der Waals surface area (Å²) >= 11 is 0. The number of aromatic nitrogens is 2. The summed E-state index contributed by atoms with van der Waals surface area (Å²) in [4.78, 5) is 9.52. The number of rotatable bonds is 5. The topological polar surface area (TPSA) is 47.0 Å². The van der Waals surface area contributed by atoms with Gasteiger partial charge in [-0.2, -0.15) is 0 Å². The fourth-order valence-corrected chi connectivity index (χ4v) is 3.18. The maximum absolute atomic E-state index is 5.76. The summed E-state index contributed by atoms with van der Waals surface area (Å²) in [6.07, 6.45) is 8.49. The number of hydrogen-bond acceptors (Lipinski definition) is 4. The summed E-state index contributed by atoms with van der Waals surface area (Å²) in [5.74, 6) is 0.848. The van der Waals surface area contributed by atoms with Gasteiger partial charge in [0.2, 0.25) is 0 Å². The normalized spacial score (nSPS) is 19.5. The number of aryl methyl sites for hydroxylation is 1. The van der Waals surface area contributed by atoms with E-state index in [9.17, 15) is 0 Å². The zero-order valence-electron chi connectivity index (χ0n) is 13.2. The van der Waals surface area contributed by atoms with E-state index in [0.717, 1.165) is 25.1 Å². The van der Waals surface area contributed by atoms with E-state index in [4.69, 9.17) is 9.72 Å². The SMILES string of the molecule is CCC(CC)(OC)c1ncc2c(n1)CCCCC2NC. The molecule has 4 heteroatoms. The van der Waals surface area contributed by atoms with Gasteiger partial charge >= 0.3 is 0 Å². The predicted molar refractivity (Wildman–Crippen MR) is 80.7 cm³/mol. The van der Waals surface area contributed by atoms with E-state index in [1.807, 2.05) is 13.2 Å². The van der Waals surface area contributed by atoms with Crippen molar-refractivity contribution in [2.24, 2.45) is 0 Å². The Morgan fingerprint density at radius 2 is 2.10 bits per heavy atom. The van der Waals surface area contributed by atoms with Crippen molar-refractivity contribution in [3.05, 3.63) is 23.3 Å². The zero-order chi connectivity index (χ0) is 14.6. The van der Waals surface area contributed by atoms with Gasteiger partial charge < -0.3 is 10.1 Å². The fraction of sp³-hybridized carbons (Fsp3) is 0.750. The Kier molecular flexibility index (Phi) is 5.11. The summed E-state index contributed by atoms with van der Waals surface area (Å²) < 4.78 is 5.76. The molecule has 0 bridgehead atoms. The molecule has 1 aromatic heterocycles. The van der Waals surface area contributed by atoms with Crippen LogP contribution < -0.4 is 5.32 Å². The van der Waals surface area contributed by atoms with Gasteiger partial charge in [0.1, 0.15) is 5.60 Å². The minimum absolute atomic E-state index is 0.337. The standard InChI is InChI=1S/C16H27N3O/c1-5-16(6-2,20-4)15-18-11-12-13(17-3)9-7-8-10-14(12)19-15/h11,13,17H,5-10H2,1-4H3. The van der Waals surface area contributed by atoms with Crippen LogP contribution in [0, 0.1) is 0 Å². The molecule has 0 spiro atoms. The van der Waals surface area contributed by atoms with E-state index in [1.165, 1.54) is 30.5 Å². The van der Waals surface area contributed by atoms with Gasteiger partial charge in [0.15, 0.2) is 5.82 Å². The Morgan fingerprint density at radius 1 is 1.35 bits per heavy atom. The molecule has 0 saturated carbocycles. The summed E-state index contributed by atoms with van der Waals surface area (Å²) in [5.41, 5.74) is 2.14. The lowest BCUT2D eigenvalue weighted by Gasteiger charge is -2.29. The van der Waals surface area contributed by atoms with Crippen LogP contribution in [0.2, 0.25) is 0 Å². The van der Waals surface area contributed by atoms with E-state index in [-0.39, 0.29) is 5.60 Å². The molecule has 0 aliphatic heterocycles. The van der Waals surface area contributed by atoms with Crippen molar-refractivity contribution < 1.29 is 4.74 Å². The second-order valence-corrected chi connectivity index (χ2v) is 5.59. The summed E-state index contributed by atoms with van der Waals surface area (Å²) in [6, 6.07) is 0.391. The Bertz CT molecular complexity index is 435. The molecule has 0 fully saturated rings. The lowest BCUT2D eigenvalue weighted by Crippen LogP contribution is -2.30. The van der Waals surface area contributed by atoms with Crippen molar-refractivity contribution in [1.82, 2.24) is 15.3 Å². The summed E-state index contributed by atoms with van der Waals surface area (Å²) in [5, 5.41) is 3.39. The maximum atomic E-state index is 5.76. The van der Waals surface area contributed by atoms with Crippen molar-refractivity contribution in [2.45, 2.75) is 64.0 Å². The van der Waals surface area contributed by atoms with Crippen molar-refractivity contribution in [2.75, 3.05) is 14.2 Å². The quantitative estimate of drug-likeness (QED) is 0.840. The Morgan fingerprint density at radius 3 is 2.70 bits per heavy atom. The van der Waals surface area contributed by atoms with Crippen LogP contribution in [0.1, 0.15) is 69.1 Å². The largest absolute Gasteiger partial charge is 0.370 e. The molecule has 1 atom stereocenters. The molecule has 2 rings (SSSR count). The van der Waals surface area contributed by atoms with Crippen LogP contribution >= 0.6 is 0 Å². The zero-order valence-corrected chi connectivity index (χ0v) is 13.2. The number of methoxy groups -OCH3 is 1. The molecular weight excluding hydrogens is 250 g/mol. The fourth-order valence-electron chi connectivity index (χ4n) is 3.18. The molecule has 112 valence electrons. The van der Waals surface area contributed by atoms with Crippen LogP contribution in [0.25, 0.3) is 0 Å². The highest BCUT2D eigenvalue weighted by Gasteiger charge is 2.32. The van der Waals surface area contributed by atoms with Crippen LogP contribution in [0.5, 0.6) is 0 Å². The van der Waals surface area contributed by atoms with Gasteiger partial charge in [0.25, 0.3) is 0 Å². The van der Waals surface area contributed by atoms with E-state index in [0.29, 0.717) is 6.04 Å². The van der Waals surface area contributed by atoms with E-state index < -0.39 is 0 Å². The molecule has 0 radical (unpaired) electrons. The molecular formula is C16H27N3O. The number of fused-ring (bicyclic) bond motifs is 1. The number of nitrogens with one attached hydrogen (secondary N) is 1. The smallest absolute Gasteiger partial charge is 0.160 e. The highest BCUT2D eigenvalue weighted by Crippen LogP contribution is 2.32. The molecule has 0 aromatic carbocycles. The summed E-state index contributed by atoms with van der Waals surface area (Å²) in [6.45, 7) is 4.27. The monoisotopic (exact) mass is 277 g/mol. The van der Waals surface area contributed by atoms with E-state index in [2.05, 4.69) is 24.1 Å². The molecule has 1 aromatic rings. The maximum Gasteiger partial charge on any atom is 0.160 e. The molecule has 1 unspecified atom stereocenters. The second kappa shape index (κ2) is 6.64. The molecule has 0 saturated heterocycles. The highest BCUT2D eigenvalue weighted by molar-refractivity contribution is 5.24. The molecule has 0 amide bonds. The van der Waals surface area contributed by atoms with Gasteiger partial charge in [-0.3, -0.25) is 0 Å². The first-order valence-corrected chi connectivity index (χ1v) is 7.79. The average Bonchev–Trinajstić information content (AvgIpc) is 2.71.